The SMILES string of the molecule is CCCC(=O)Oc1c(C(=O)c2ccc(S(C)(=O)=O)c(C(C)=C(C)C)c2C)cnn1C. The summed E-state index contributed by atoms with van der Waals surface area (Å²) in [5.74, 6) is -0.756. The summed E-state index contributed by atoms with van der Waals surface area (Å²) in [5.41, 5.74) is 3.30. The van der Waals surface area contributed by atoms with Crippen LogP contribution in [0.4, 0.5) is 0 Å². The number of aryl methyl sites for hydroxylation is 1. The van der Waals surface area contributed by atoms with Crippen molar-refractivity contribution < 1.29 is 22.7 Å². The lowest BCUT2D eigenvalue weighted by atomic mass is 9.91. The molecule has 1 aromatic carbocycles. The van der Waals surface area contributed by atoms with Crippen molar-refractivity contribution in [3.05, 3.63) is 46.2 Å². The van der Waals surface area contributed by atoms with Crippen LogP contribution in [0, 0.1) is 6.92 Å². The smallest absolute Gasteiger partial charge is 0.312 e. The van der Waals surface area contributed by atoms with Crippen molar-refractivity contribution in [1.29, 1.82) is 0 Å². The Labute approximate surface area is 177 Å². The second kappa shape index (κ2) is 8.95. The number of rotatable bonds is 7. The van der Waals surface area contributed by atoms with Gasteiger partial charge in [-0.25, -0.2) is 13.1 Å². The van der Waals surface area contributed by atoms with Crippen LogP contribution in [0.3, 0.4) is 0 Å². The van der Waals surface area contributed by atoms with Crippen molar-refractivity contribution in [3.63, 3.8) is 0 Å². The van der Waals surface area contributed by atoms with Crippen LogP contribution in [-0.4, -0.2) is 36.2 Å². The molecule has 162 valence electrons. The predicted octanol–water partition coefficient (Wildman–Crippen LogP) is 3.88. The first-order chi connectivity index (χ1) is 13.9. The molecule has 0 amide bonds. The number of ketones is 1. The van der Waals surface area contributed by atoms with E-state index in [0.717, 1.165) is 17.4 Å². The van der Waals surface area contributed by atoms with Gasteiger partial charge >= 0.3 is 5.97 Å². The number of esters is 1. The summed E-state index contributed by atoms with van der Waals surface area (Å²) in [7, 11) is -1.91. The molecule has 1 heterocycles. The van der Waals surface area contributed by atoms with Crippen LogP contribution < -0.4 is 4.74 Å². The van der Waals surface area contributed by atoms with Gasteiger partial charge in [0.15, 0.2) is 15.6 Å². The van der Waals surface area contributed by atoms with E-state index in [1.54, 1.807) is 14.0 Å². The third kappa shape index (κ3) is 4.70. The van der Waals surface area contributed by atoms with Gasteiger partial charge in [-0.15, -0.1) is 0 Å². The highest BCUT2D eigenvalue weighted by Gasteiger charge is 2.26. The molecule has 0 spiro atoms. The summed E-state index contributed by atoms with van der Waals surface area (Å²) < 4.78 is 31.4. The van der Waals surface area contributed by atoms with Gasteiger partial charge in [0.25, 0.3) is 0 Å². The number of ether oxygens (including phenoxy) is 1. The van der Waals surface area contributed by atoms with E-state index in [9.17, 15) is 18.0 Å². The Kier molecular flexibility index (Phi) is 7.02. The molecule has 0 fully saturated rings. The highest BCUT2D eigenvalue weighted by Crippen LogP contribution is 2.33. The number of carbonyl (C=O) groups is 2. The van der Waals surface area contributed by atoms with Crippen LogP contribution >= 0.6 is 0 Å². The summed E-state index contributed by atoms with van der Waals surface area (Å²) in [6, 6.07) is 2.96. The zero-order valence-corrected chi connectivity index (χ0v) is 19.3. The molecule has 0 saturated heterocycles. The minimum Gasteiger partial charge on any atom is -0.407 e. The molecule has 2 aromatic rings. The Bertz CT molecular complexity index is 1140. The zero-order chi connectivity index (χ0) is 22.8. The van der Waals surface area contributed by atoms with Crippen molar-refractivity contribution in [3.8, 4) is 5.88 Å². The number of carbonyl (C=O) groups excluding carboxylic acids is 2. The highest BCUT2D eigenvalue weighted by atomic mass is 32.2. The van der Waals surface area contributed by atoms with Gasteiger partial charge in [0.1, 0.15) is 5.56 Å². The molecule has 0 N–H and O–H groups in total. The van der Waals surface area contributed by atoms with Gasteiger partial charge in [-0.2, -0.15) is 5.10 Å². The summed E-state index contributed by atoms with van der Waals surface area (Å²) in [4.78, 5) is 25.5. The molecule has 0 aliphatic rings. The molecule has 2 rings (SSSR count). The van der Waals surface area contributed by atoms with Crippen molar-refractivity contribution in [1.82, 2.24) is 9.78 Å². The van der Waals surface area contributed by atoms with Crippen LogP contribution in [0.1, 0.15) is 67.6 Å². The van der Waals surface area contributed by atoms with Crippen LogP contribution in [0.15, 0.2) is 28.8 Å². The van der Waals surface area contributed by atoms with Crippen LogP contribution in [0.5, 0.6) is 5.88 Å². The van der Waals surface area contributed by atoms with Gasteiger partial charge in [-0.1, -0.05) is 12.5 Å². The molecule has 0 aliphatic carbocycles. The first-order valence-corrected chi connectivity index (χ1v) is 11.5. The van der Waals surface area contributed by atoms with Crippen LogP contribution in [0.25, 0.3) is 5.57 Å². The molecule has 1 aromatic heterocycles. The fourth-order valence-electron chi connectivity index (χ4n) is 3.17. The van der Waals surface area contributed by atoms with E-state index in [1.807, 2.05) is 27.7 Å². The number of aromatic nitrogens is 2. The maximum Gasteiger partial charge on any atom is 0.312 e. The van der Waals surface area contributed by atoms with Crippen molar-refractivity contribution >= 4 is 27.2 Å². The molecule has 8 heteroatoms. The fraction of sp³-hybridized carbons (Fsp3) is 0.409. The maximum atomic E-state index is 13.3. The van der Waals surface area contributed by atoms with Gasteiger partial charge in [-0.3, -0.25) is 9.59 Å². The quantitative estimate of drug-likeness (QED) is 0.487. The molecular formula is C22H28N2O5S. The van der Waals surface area contributed by atoms with E-state index in [-0.39, 0.29) is 28.5 Å². The molecule has 0 radical (unpaired) electrons. The second-order valence-corrected chi connectivity index (χ2v) is 9.53. The normalized spacial score (nSPS) is 11.3. The number of hydrogen-bond acceptors (Lipinski definition) is 6. The molecule has 0 aliphatic heterocycles. The molecular weight excluding hydrogens is 404 g/mol. The van der Waals surface area contributed by atoms with Crippen molar-refractivity contribution in [2.45, 2.75) is 52.4 Å². The fourth-order valence-corrected chi connectivity index (χ4v) is 4.16. The number of hydrogen-bond donors (Lipinski definition) is 0. The highest BCUT2D eigenvalue weighted by molar-refractivity contribution is 7.90. The topological polar surface area (TPSA) is 95.3 Å². The third-order valence-electron chi connectivity index (χ3n) is 4.99. The lowest BCUT2D eigenvalue weighted by Crippen LogP contribution is -2.14. The lowest BCUT2D eigenvalue weighted by Gasteiger charge is -2.17. The summed E-state index contributed by atoms with van der Waals surface area (Å²) in [5, 5.41) is 4.06. The average molecular weight is 433 g/mol. The monoisotopic (exact) mass is 432 g/mol. The minimum absolute atomic E-state index is 0.0746. The summed E-state index contributed by atoms with van der Waals surface area (Å²) in [6.45, 7) is 9.20. The molecule has 7 nitrogen and oxygen atoms in total. The first-order valence-electron chi connectivity index (χ1n) is 9.65. The molecule has 0 bridgehead atoms. The second-order valence-electron chi connectivity index (χ2n) is 7.55. The lowest BCUT2D eigenvalue weighted by molar-refractivity contribution is -0.134. The summed E-state index contributed by atoms with van der Waals surface area (Å²) >= 11 is 0. The van der Waals surface area contributed by atoms with Crippen LogP contribution in [0.2, 0.25) is 0 Å². The molecule has 0 saturated carbocycles. The summed E-state index contributed by atoms with van der Waals surface area (Å²) in [6.07, 6.45) is 3.36. The third-order valence-corrected chi connectivity index (χ3v) is 6.13. The predicted molar refractivity (Wildman–Crippen MR) is 115 cm³/mol. The molecule has 0 atom stereocenters. The standard InChI is InChI=1S/C22H28N2O5S/c1-8-9-19(25)29-22-17(12-23-24(22)6)21(26)16-10-11-18(30(7,27)28)20(15(16)5)14(4)13(2)3/h10-12H,8-9H2,1-7H3. The first kappa shape index (κ1) is 23.5. The molecule has 30 heavy (non-hydrogen) atoms. The number of sulfone groups is 1. The van der Waals surface area contributed by atoms with Crippen molar-refractivity contribution in [2.75, 3.05) is 6.26 Å². The Morgan fingerprint density at radius 2 is 1.77 bits per heavy atom. The van der Waals surface area contributed by atoms with E-state index >= 15 is 0 Å². The Morgan fingerprint density at radius 3 is 2.30 bits per heavy atom. The van der Waals surface area contributed by atoms with Crippen molar-refractivity contribution in [2.24, 2.45) is 7.05 Å². The minimum atomic E-state index is -3.50. The van der Waals surface area contributed by atoms with Crippen LogP contribution in [-0.2, 0) is 21.7 Å². The largest absolute Gasteiger partial charge is 0.407 e. The maximum absolute atomic E-state index is 13.3. The average Bonchev–Trinajstić information content (AvgIpc) is 3.00. The van der Waals surface area contributed by atoms with Gasteiger partial charge < -0.3 is 4.74 Å². The molecule has 0 unspecified atom stereocenters. The number of benzene rings is 1. The Balaban J connectivity index is 2.67. The zero-order valence-electron chi connectivity index (χ0n) is 18.5. The Hall–Kier alpha value is -2.74. The van der Waals surface area contributed by atoms with Gasteiger partial charge in [-0.05, 0) is 62.9 Å². The van der Waals surface area contributed by atoms with E-state index in [0.29, 0.717) is 23.1 Å². The van der Waals surface area contributed by atoms with E-state index in [2.05, 4.69) is 5.10 Å². The Morgan fingerprint density at radius 1 is 1.13 bits per heavy atom. The van der Waals surface area contributed by atoms with E-state index in [4.69, 9.17) is 4.74 Å². The van der Waals surface area contributed by atoms with E-state index < -0.39 is 15.8 Å². The van der Waals surface area contributed by atoms with E-state index in [1.165, 1.54) is 23.0 Å². The number of nitrogens with zero attached hydrogens (tertiary/aromatic N) is 2. The number of allylic oxidation sites excluding steroid dienone is 2. The van der Waals surface area contributed by atoms with Gasteiger partial charge in [0, 0.05) is 25.3 Å². The van der Waals surface area contributed by atoms with Gasteiger partial charge in [0.2, 0.25) is 5.88 Å². The van der Waals surface area contributed by atoms with Gasteiger partial charge in [0.05, 0.1) is 11.1 Å².